The van der Waals surface area contributed by atoms with Crippen LogP contribution in [0.5, 0.6) is 5.75 Å². The Morgan fingerprint density at radius 2 is 1.81 bits per heavy atom. The molecule has 2 aromatic carbocycles. The van der Waals surface area contributed by atoms with E-state index in [4.69, 9.17) is 27.9 Å². The fraction of sp³-hybridized carbons (Fsp3) is 0.375. The zero-order chi connectivity index (χ0) is 22.7. The molecular formula is C24H27Cl2N3O3. The van der Waals surface area contributed by atoms with E-state index >= 15 is 0 Å². The number of anilines is 1. The van der Waals surface area contributed by atoms with E-state index in [0.29, 0.717) is 21.4 Å². The predicted molar refractivity (Wildman–Crippen MR) is 130 cm³/mol. The van der Waals surface area contributed by atoms with Gasteiger partial charge in [-0.1, -0.05) is 23.2 Å². The van der Waals surface area contributed by atoms with E-state index in [9.17, 15) is 9.90 Å². The Kier molecular flexibility index (Phi) is 7.13. The number of H-pyrrole nitrogens is 1. The Hall–Kier alpha value is -2.41. The van der Waals surface area contributed by atoms with Crippen LogP contribution >= 0.6 is 23.2 Å². The van der Waals surface area contributed by atoms with Crippen LogP contribution in [0.25, 0.3) is 10.9 Å². The van der Waals surface area contributed by atoms with Gasteiger partial charge in [0, 0.05) is 49.0 Å². The summed E-state index contributed by atoms with van der Waals surface area (Å²) in [5, 5.41) is 11.3. The fourth-order valence-corrected chi connectivity index (χ4v) is 4.95. The van der Waals surface area contributed by atoms with Gasteiger partial charge in [0.1, 0.15) is 0 Å². The number of rotatable bonds is 8. The van der Waals surface area contributed by atoms with E-state index in [1.54, 1.807) is 19.2 Å². The first-order valence-electron chi connectivity index (χ1n) is 10.8. The summed E-state index contributed by atoms with van der Waals surface area (Å²) in [4.78, 5) is 19.3. The van der Waals surface area contributed by atoms with E-state index in [1.165, 1.54) is 5.56 Å². The Morgan fingerprint density at radius 1 is 1.09 bits per heavy atom. The van der Waals surface area contributed by atoms with Crippen LogP contribution in [0.1, 0.15) is 28.8 Å². The number of piperazine rings is 1. The monoisotopic (exact) mass is 475 g/mol. The Balaban J connectivity index is 1.25. The van der Waals surface area contributed by atoms with Gasteiger partial charge < -0.3 is 19.7 Å². The molecule has 0 spiro atoms. The van der Waals surface area contributed by atoms with Crippen molar-refractivity contribution < 1.29 is 14.6 Å². The first kappa shape index (κ1) is 22.8. The average molecular weight is 476 g/mol. The molecule has 4 rings (SSSR count). The first-order chi connectivity index (χ1) is 15.5. The Bertz CT molecular complexity index is 1080. The van der Waals surface area contributed by atoms with Gasteiger partial charge in [-0.2, -0.15) is 0 Å². The summed E-state index contributed by atoms with van der Waals surface area (Å²) in [5.41, 5.74) is 3.53. The van der Waals surface area contributed by atoms with Crippen molar-refractivity contribution in [1.82, 2.24) is 9.88 Å². The molecule has 3 aromatic rings. The number of benzene rings is 2. The molecule has 1 aliphatic rings. The molecule has 170 valence electrons. The number of hydrogen-bond donors (Lipinski definition) is 2. The molecule has 0 radical (unpaired) electrons. The minimum absolute atomic E-state index is 0.329. The summed E-state index contributed by atoms with van der Waals surface area (Å²) in [6, 6.07) is 9.07. The number of hydrogen-bond acceptors (Lipinski definition) is 4. The predicted octanol–water partition coefficient (Wildman–Crippen LogP) is 5.33. The number of aromatic amines is 1. The number of aromatic carboxylic acids is 1. The maximum atomic E-state index is 11.3. The van der Waals surface area contributed by atoms with Crippen molar-refractivity contribution in [3.63, 3.8) is 0 Å². The molecule has 0 aliphatic carbocycles. The quantitative estimate of drug-likeness (QED) is 0.431. The largest absolute Gasteiger partial charge is 0.494 e. The molecular weight excluding hydrogens is 449 g/mol. The summed E-state index contributed by atoms with van der Waals surface area (Å²) < 4.78 is 5.24. The third kappa shape index (κ3) is 4.98. The topological polar surface area (TPSA) is 68.8 Å². The van der Waals surface area contributed by atoms with Crippen molar-refractivity contribution in [3.05, 3.63) is 57.7 Å². The Morgan fingerprint density at radius 3 is 2.47 bits per heavy atom. The van der Waals surface area contributed by atoms with Crippen LogP contribution in [-0.4, -0.2) is 60.8 Å². The van der Waals surface area contributed by atoms with Crippen molar-refractivity contribution in [1.29, 1.82) is 0 Å². The number of aryl methyl sites for hydroxylation is 1. The number of nitrogens with one attached hydrogen (secondary N) is 1. The third-order valence-corrected chi connectivity index (χ3v) is 6.67. The van der Waals surface area contributed by atoms with Crippen LogP contribution < -0.4 is 9.64 Å². The lowest BCUT2D eigenvalue weighted by Gasteiger charge is -2.36. The number of fused-ring (bicyclic) bond motifs is 1. The number of unbranched alkanes of at least 4 members (excludes halogenated alkanes) is 1. The highest BCUT2D eigenvalue weighted by atomic mass is 35.5. The van der Waals surface area contributed by atoms with Gasteiger partial charge in [-0.25, -0.2) is 4.79 Å². The third-order valence-electron chi connectivity index (χ3n) is 6.11. The number of methoxy groups -OCH3 is 1. The summed E-state index contributed by atoms with van der Waals surface area (Å²) in [7, 11) is 1.57. The second kappa shape index (κ2) is 10.0. The van der Waals surface area contributed by atoms with E-state index in [0.717, 1.165) is 68.6 Å². The van der Waals surface area contributed by atoms with Gasteiger partial charge in [-0.05, 0) is 61.7 Å². The van der Waals surface area contributed by atoms with Crippen LogP contribution in [0.15, 0.2) is 36.5 Å². The number of carboxylic acid groups (broad SMARTS) is 1. The van der Waals surface area contributed by atoms with Gasteiger partial charge in [0.05, 0.1) is 22.7 Å². The fourth-order valence-electron chi connectivity index (χ4n) is 4.32. The zero-order valence-electron chi connectivity index (χ0n) is 18.0. The molecule has 1 fully saturated rings. The van der Waals surface area contributed by atoms with E-state index in [1.807, 2.05) is 24.4 Å². The molecule has 0 saturated carbocycles. The molecule has 2 N–H and O–H groups in total. The first-order valence-corrected chi connectivity index (χ1v) is 11.6. The SMILES string of the molecule is COc1c(Cl)cc(N2CCN(CCCCc3c[nH]c4ccc(C(=O)O)cc34)CC2)cc1Cl. The molecule has 0 bridgehead atoms. The maximum Gasteiger partial charge on any atom is 0.335 e. The van der Waals surface area contributed by atoms with Crippen LogP contribution in [0.3, 0.4) is 0 Å². The highest BCUT2D eigenvalue weighted by molar-refractivity contribution is 6.37. The number of carboxylic acids is 1. The summed E-state index contributed by atoms with van der Waals surface area (Å²) >= 11 is 12.6. The van der Waals surface area contributed by atoms with Gasteiger partial charge in [-0.3, -0.25) is 4.90 Å². The number of ether oxygens (including phenoxy) is 1. The molecule has 0 atom stereocenters. The van der Waals surface area contributed by atoms with Crippen LogP contribution in [0.2, 0.25) is 10.0 Å². The van der Waals surface area contributed by atoms with Gasteiger partial charge >= 0.3 is 5.97 Å². The van der Waals surface area contributed by atoms with Crippen LogP contribution in [0.4, 0.5) is 5.69 Å². The standard InChI is InChI=1S/C24H27Cl2N3O3/c1-32-23-20(25)13-18(14-21(23)26)29-10-8-28(9-11-29)7-3-2-4-17-15-27-22-6-5-16(24(30)31)12-19(17)22/h5-6,12-15,27H,2-4,7-11H2,1H3,(H,30,31). The summed E-state index contributed by atoms with van der Waals surface area (Å²) in [5.74, 6) is -0.373. The molecule has 1 aliphatic heterocycles. The highest BCUT2D eigenvalue weighted by Crippen LogP contribution is 2.37. The van der Waals surface area contributed by atoms with E-state index in [-0.39, 0.29) is 0 Å². The van der Waals surface area contributed by atoms with Gasteiger partial charge in [-0.15, -0.1) is 0 Å². The second-order valence-electron chi connectivity index (χ2n) is 8.11. The molecule has 1 saturated heterocycles. The molecule has 6 nitrogen and oxygen atoms in total. The lowest BCUT2D eigenvalue weighted by Crippen LogP contribution is -2.46. The number of nitrogens with zero attached hydrogens (tertiary/aromatic N) is 2. The number of halogens is 2. The van der Waals surface area contributed by atoms with Crippen LogP contribution in [-0.2, 0) is 6.42 Å². The minimum Gasteiger partial charge on any atom is -0.494 e. The van der Waals surface area contributed by atoms with Crippen molar-refractivity contribution in [2.75, 3.05) is 44.7 Å². The molecule has 0 unspecified atom stereocenters. The lowest BCUT2D eigenvalue weighted by atomic mass is 10.0. The second-order valence-corrected chi connectivity index (χ2v) is 8.92. The van der Waals surface area contributed by atoms with E-state index in [2.05, 4.69) is 14.8 Å². The average Bonchev–Trinajstić information content (AvgIpc) is 3.19. The normalized spacial score (nSPS) is 14.8. The van der Waals surface area contributed by atoms with Gasteiger partial charge in [0.2, 0.25) is 0 Å². The van der Waals surface area contributed by atoms with Gasteiger partial charge in [0.25, 0.3) is 0 Å². The summed E-state index contributed by atoms with van der Waals surface area (Å²) in [6.45, 7) is 4.91. The van der Waals surface area contributed by atoms with Crippen molar-refractivity contribution in [3.8, 4) is 5.75 Å². The maximum absolute atomic E-state index is 11.3. The smallest absolute Gasteiger partial charge is 0.335 e. The molecule has 32 heavy (non-hydrogen) atoms. The molecule has 8 heteroatoms. The molecule has 0 amide bonds. The van der Waals surface area contributed by atoms with Crippen LogP contribution in [0, 0.1) is 0 Å². The lowest BCUT2D eigenvalue weighted by molar-refractivity contribution is 0.0697. The molecule has 1 aromatic heterocycles. The Labute approximate surface area is 197 Å². The zero-order valence-corrected chi connectivity index (χ0v) is 19.5. The number of carbonyl (C=O) groups is 1. The van der Waals surface area contributed by atoms with Crippen molar-refractivity contribution in [2.45, 2.75) is 19.3 Å². The van der Waals surface area contributed by atoms with Gasteiger partial charge in [0.15, 0.2) is 5.75 Å². The minimum atomic E-state index is -0.891. The summed E-state index contributed by atoms with van der Waals surface area (Å²) in [6.07, 6.45) is 5.10. The van der Waals surface area contributed by atoms with Crippen molar-refractivity contribution >= 4 is 45.8 Å². The van der Waals surface area contributed by atoms with Crippen molar-refractivity contribution in [2.24, 2.45) is 0 Å². The number of aromatic nitrogens is 1. The highest BCUT2D eigenvalue weighted by Gasteiger charge is 2.19. The van der Waals surface area contributed by atoms with E-state index < -0.39 is 5.97 Å². The molecule has 2 heterocycles.